The van der Waals surface area contributed by atoms with Gasteiger partial charge >= 0.3 is 5.97 Å². The summed E-state index contributed by atoms with van der Waals surface area (Å²) in [6.07, 6.45) is 4.60. The Morgan fingerprint density at radius 2 is 2.14 bits per heavy atom. The Kier molecular flexibility index (Phi) is 5.88. The van der Waals surface area contributed by atoms with Crippen LogP contribution in [-0.4, -0.2) is 25.7 Å². The first-order valence-corrected chi connectivity index (χ1v) is 7.79. The SMILES string of the molecule is CCOC(=O)C(NC1CCCC1)c1ccc(OC)c(Cl)c1. The molecule has 1 atom stereocenters. The number of halogens is 1. The fraction of sp³-hybridized carbons (Fsp3) is 0.562. The van der Waals surface area contributed by atoms with Crippen molar-refractivity contribution in [3.63, 3.8) is 0 Å². The molecule has 0 amide bonds. The average Bonchev–Trinajstić information content (AvgIpc) is 2.98. The van der Waals surface area contributed by atoms with Gasteiger partial charge in [0.2, 0.25) is 0 Å². The van der Waals surface area contributed by atoms with Crippen LogP contribution in [0.2, 0.25) is 5.02 Å². The second-order valence-electron chi connectivity index (χ2n) is 5.23. The van der Waals surface area contributed by atoms with E-state index in [1.165, 1.54) is 12.8 Å². The first-order valence-electron chi connectivity index (χ1n) is 7.41. The van der Waals surface area contributed by atoms with Crippen LogP contribution in [0.15, 0.2) is 18.2 Å². The number of carbonyl (C=O) groups excluding carboxylic acids is 1. The molecule has 4 nitrogen and oxygen atoms in total. The molecule has 0 saturated heterocycles. The summed E-state index contributed by atoms with van der Waals surface area (Å²) in [5, 5.41) is 3.91. The molecular formula is C16H22ClNO3. The Morgan fingerprint density at radius 3 is 2.71 bits per heavy atom. The van der Waals surface area contributed by atoms with Crippen molar-refractivity contribution in [2.75, 3.05) is 13.7 Å². The molecule has 0 aliphatic heterocycles. The average molecular weight is 312 g/mol. The Hall–Kier alpha value is -1.26. The number of rotatable bonds is 6. The van der Waals surface area contributed by atoms with Crippen molar-refractivity contribution in [1.82, 2.24) is 5.32 Å². The third-order valence-electron chi connectivity index (χ3n) is 3.79. The van der Waals surface area contributed by atoms with Crippen molar-refractivity contribution >= 4 is 17.6 Å². The van der Waals surface area contributed by atoms with Crippen LogP contribution in [0.1, 0.15) is 44.2 Å². The molecule has 1 aliphatic rings. The third kappa shape index (κ3) is 4.11. The van der Waals surface area contributed by atoms with Gasteiger partial charge in [0.15, 0.2) is 0 Å². The Balaban J connectivity index is 2.20. The third-order valence-corrected chi connectivity index (χ3v) is 4.08. The quantitative estimate of drug-likeness (QED) is 0.817. The summed E-state index contributed by atoms with van der Waals surface area (Å²) in [5.74, 6) is 0.342. The number of hydrogen-bond acceptors (Lipinski definition) is 4. The van der Waals surface area contributed by atoms with Crippen LogP contribution in [0.5, 0.6) is 5.75 Å². The van der Waals surface area contributed by atoms with E-state index < -0.39 is 6.04 Å². The number of ether oxygens (including phenoxy) is 2. The first-order chi connectivity index (χ1) is 10.2. The van der Waals surface area contributed by atoms with Crippen molar-refractivity contribution in [1.29, 1.82) is 0 Å². The summed E-state index contributed by atoms with van der Waals surface area (Å²) < 4.78 is 10.3. The molecule has 1 aliphatic carbocycles. The molecular weight excluding hydrogens is 290 g/mol. The zero-order valence-electron chi connectivity index (χ0n) is 12.5. The minimum absolute atomic E-state index is 0.259. The van der Waals surface area contributed by atoms with E-state index in [1.54, 1.807) is 19.2 Å². The van der Waals surface area contributed by atoms with Gasteiger partial charge in [-0.3, -0.25) is 5.32 Å². The largest absolute Gasteiger partial charge is 0.495 e. The highest BCUT2D eigenvalue weighted by Crippen LogP contribution is 2.29. The number of methoxy groups -OCH3 is 1. The number of esters is 1. The van der Waals surface area contributed by atoms with Crippen LogP contribution >= 0.6 is 11.6 Å². The van der Waals surface area contributed by atoms with Crippen molar-refractivity contribution in [2.24, 2.45) is 0 Å². The lowest BCUT2D eigenvalue weighted by Crippen LogP contribution is -2.36. The summed E-state index contributed by atoms with van der Waals surface area (Å²) in [7, 11) is 1.57. The highest BCUT2D eigenvalue weighted by atomic mass is 35.5. The van der Waals surface area contributed by atoms with Gasteiger partial charge in [0.25, 0.3) is 0 Å². The molecule has 0 radical (unpaired) electrons. The van der Waals surface area contributed by atoms with Gasteiger partial charge in [-0.1, -0.05) is 30.5 Å². The van der Waals surface area contributed by atoms with E-state index in [-0.39, 0.29) is 5.97 Å². The van der Waals surface area contributed by atoms with Crippen molar-refractivity contribution < 1.29 is 14.3 Å². The predicted octanol–water partition coefficient (Wildman–Crippen LogP) is 3.49. The number of nitrogens with one attached hydrogen (secondary N) is 1. The Bertz CT molecular complexity index is 486. The van der Waals surface area contributed by atoms with E-state index in [2.05, 4.69) is 5.32 Å². The molecule has 1 aromatic carbocycles. The van der Waals surface area contributed by atoms with Crippen molar-refractivity contribution in [3.05, 3.63) is 28.8 Å². The molecule has 0 heterocycles. The van der Waals surface area contributed by atoms with E-state index >= 15 is 0 Å². The predicted molar refractivity (Wildman–Crippen MR) is 82.8 cm³/mol. The zero-order chi connectivity index (χ0) is 15.2. The summed E-state index contributed by atoms with van der Waals surface area (Å²) in [5.41, 5.74) is 0.811. The van der Waals surface area contributed by atoms with E-state index in [0.717, 1.165) is 18.4 Å². The van der Waals surface area contributed by atoms with Gasteiger partial charge < -0.3 is 9.47 Å². The molecule has 1 unspecified atom stereocenters. The van der Waals surface area contributed by atoms with E-state index in [4.69, 9.17) is 21.1 Å². The molecule has 1 saturated carbocycles. The van der Waals surface area contributed by atoms with E-state index in [9.17, 15) is 4.79 Å². The van der Waals surface area contributed by atoms with Crippen LogP contribution in [0.25, 0.3) is 0 Å². The van der Waals surface area contributed by atoms with Gasteiger partial charge in [0.05, 0.1) is 18.7 Å². The summed E-state index contributed by atoms with van der Waals surface area (Å²) in [4.78, 5) is 12.2. The highest BCUT2D eigenvalue weighted by Gasteiger charge is 2.27. The smallest absolute Gasteiger partial charge is 0.327 e. The van der Waals surface area contributed by atoms with Gasteiger partial charge in [-0.05, 0) is 37.5 Å². The van der Waals surface area contributed by atoms with Crippen LogP contribution in [0.3, 0.4) is 0 Å². The van der Waals surface area contributed by atoms with E-state index in [1.807, 2.05) is 13.0 Å². The molecule has 2 rings (SSSR count). The number of benzene rings is 1. The maximum atomic E-state index is 12.2. The van der Waals surface area contributed by atoms with Crippen LogP contribution < -0.4 is 10.1 Å². The Labute approximate surface area is 130 Å². The highest BCUT2D eigenvalue weighted by molar-refractivity contribution is 6.32. The van der Waals surface area contributed by atoms with Gasteiger partial charge in [-0.15, -0.1) is 0 Å². The number of hydrogen-bond donors (Lipinski definition) is 1. The standard InChI is InChI=1S/C16H22ClNO3/c1-3-21-16(19)15(18-12-6-4-5-7-12)11-8-9-14(20-2)13(17)10-11/h8-10,12,15,18H,3-7H2,1-2H3. The minimum Gasteiger partial charge on any atom is -0.495 e. The zero-order valence-corrected chi connectivity index (χ0v) is 13.3. The minimum atomic E-state index is -0.476. The van der Waals surface area contributed by atoms with Crippen LogP contribution in [0, 0.1) is 0 Å². The lowest BCUT2D eigenvalue weighted by molar-refractivity contribution is -0.146. The van der Waals surface area contributed by atoms with Crippen molar-refractivity contribution in [3.8, 4) is 5.75 Å². The normalized spacial score (nSPS) is 16.7. The fourth-order valence-corrected chi connectivity index (χ4v) is 2.98. The molecule has 5 heteroatoms. The molecule has 1 aromatic rings. The lowest BCUT2D eigenvalue weighted by Gasteiger charge is -2.22. The van der Waals surface area contributed by atoms with Gasteiger partial charge in [0, 0.05) is 6.04 Å². The molecule has 0 spiro atoms. The molecule has 0 aromatic heterocycles. The summed E-state index contributed by atoms with van der Waals surface area (Å²) >= 11 is 6.17. The Morgan fingerprint density at radius 1 is 1.43 bits per heavy atom. The lowest BCUT2D eigenvalue weighted by atomic mass is 10.0. The van der Waals surface area contributed by atoms with Crippen LogP contribution in [0.4, 0.5) is 0 Å². The van der Waals surface area contributed by atoms with Gasteiger partial charge in [-0.2, -0.15) is 0 Å². The molecule has 1 N–H and O–H groups in total. The second-order valence-corrected chi connectivity index (χ2v) is 5.63. The van der Waals surface area contributed by atoms with Gasteiger partial charge in [0.1, 0.15) is 11.8 Å². The molecule has 21 heavy (non-hydrogen) atoms. The second kappa shape index (κ2) is 7.66. The summed E-state index contributed by atoms with van der Waals surface area (Å²) in [6, 6.07) is 5.29. The maximum Gasteiger partial charge on any atom is 0.327 e. The van der Waals surface area contributed by atoms with E-state index in [0.29, 0.717) is 23.4 Å². The monoisotopic (exact) mass is 311 g/mol. The molecule has 116 valence electrons. The fourth-order valence-electron chi connectivity index (χ4n) is 2.72. The molecule has 0 bridgehead atoms. The topological polar surface area (TPSA) is 47.6 Å². The first kappa shape index (κ1) is 16.1. The van der Waals surface area contributed by atoms with Gasteiger partial charge in [-0.25, -0.2) is 4.79 Å². The maximum absolute atomic E-state index is 12.2. The number of carbonyl (C=O) groups is 1. The summed E-state index contributed by atoms with van der Waals surface area (Å²) in [6.45, 7) is 2.18. The van der Waals surface area contributed by atoms with Crippen molar-refractivity contribution in [2.45, 2.75) is 44.7 Å². The van der Waals surface area contributed by atoms with Crippen LogP contribution in [-0.2, 0) is 9.53 Å². The molecule has 1 fully saturated rings.